The highest BCUT2D eigenvalue weighted by Crippen LogP contribution is 2.31. The predicted octanol–water partition coefficient (Wildman–Crippen LogP) is 3.87. The van der Waals surface area contributed by atoms with E-state index in [1.54, 1.807) is 17.0 Å². The van der Waals surface area contributed by atoms with Crippen molar-refractivity contribution in [3.8, 4) is 0 Å². The number of esters is 1. The third-order valence-electron chi connectivity index (χ3n) is 4.96. The smallest absolute Gasteiger partial charge is 0.342 e. The average Bonchev–Trinajstić information content (AvgIpc) is 3.02. The number of piperidine rings is 1. The molecule has 0 unspecified atom stereocenters. The number of nitrogens with one attached hydrogen (secondary N) is 1. The van der Waals surface area contributed by atoms with Crippen LogP contribution in [0, 0.1) is 13.8 Å². The van der Waals surface area contributed by atoms with Gasteiger partial charge in [-0.25, -0.2) is 13.2 Å². The summed E-state index contributed by atoms with van der Waals surface area (Å²) >= 11 is 3.32. The molecule has 0 spiro atoms. The van der Waals surface area contributed by atoms with E-state index in [1.165, 1.54) is 19.9 Å². The molecule has 0 radical (unpaired) electrons. The second kappa shape index (κ2) is 8.81. The predicted molar refractivity (Wildman–Crippen MR) is 114 cm³/mol. The number of nitrogens with zero attached hydrogens (tertiary/aromatic N) is 1. The van der Waals surface area contributed by atoms with Gasteiger partial charge in [-0.05, 0) is 51.3 Å². The molecule has 2 heterocycles. The van der Waals surface area contributed by atoms with Crippen molar-refractivity contribution >= 4 is 43.5 Å². The number of amides is 1. The third kappa shape index (κ3) is 4.39. The number of rotatable bonds is 5. The number of hydrogen-bond acceptors (Lipinski definition) is 6. The van der Waals surface area contributed by atoms with Crippen molar-refractivity contribution in [2.24, 2.45) is 0 Å². The number of ether oxygens (including phenoxy) is 1. The van der Waals surface area contributed by atoms with Gasteiger partial charge in [0.25, 0.3) is 15.9 Å². The van der Waals surface area contributed by atoms with Crippen LogP contribution in [0.1, 0.15) is 51.5 Å². The molecule has 30 heavy (non-hydrogen) atoms. The monoisotopic (exact) mass is 498 g/mol. The summed E-state index contributed by atoms with van der Waals surface area (Å²) in [5.74, 6) is -0.866. The number of benzene rings is 1. The van der Waals surface area contributed by atoms with Crippen LogP contribution in [0.5, 0.6) is 0 Å². The molecule has 1 aliphatic rings. The minimum absolute atomic E-state index is 0.0549. The Balaban J connectivity index is 2.03. The molecule has 1 N–H and O–H groups in total. The number of carbonyl (C=O) groups excluding carboxylic acids is 2. The molecule has 1 amide bonds. The number of methoxy groups -OCH3 is 1. The lowest BCUT2D eigenvalue weighted by atomic mass is 10.1. The molecular weight excluding hydrogens is 476 g/mol. The first-order chi connectivity index (χ1) is 14.2. The molecule has 0 atom stereocenters. The van der Waals surface area contributed by atoms with E-state index in [2.05, 4.69) is 20.7 Å². The highest BCUT2D eigenvalue weighted by molar-refractivity contribution is 9.10. The van der Waals surface area contributed by atoms with Crippen molar-refractivity contribution in [1.29, 1.82) is 0 Å². The Morgan fingerprint density at radius 1 is 1.13 bits per heavy atom. The quantitative estimate of drug-likeness (QED) is 0.627. The Kier molecular flexibility index (Phi) is 6.56. The Morgan fingerprint density at radius 3 is 2.43 bits per heavy atom. The number of carbonyl (C=O) groups is 2. The van der Waals surface area contributed by atoms with Crippen LogP contribution in [0.4, 0.5) is 5.69 Å². The summed E-state index contributed by atoms with van der Waals surface area (Å²) in [6, 6.07) is 4.78. The van der Waals surface area contributed by atoms with Gasteiger partial charge in [0.05, 0.1) is 18.4 Å². The maximum atomic E-state index is 13.2. The summed E-state index contributed by atoms with van der Waals surface area (Å²) in [6.45, 7) is 4.21. The zero-order valence-electron chi connectivity index (χ0n) is 17.0. The molecule has 1 aliphatic heterocycles. The molecule has 1 fully saturated rings. The van der Waals surface area contributed by atoms with E-state index in [0.717, 1.165) is 26.4 Å². The fourth-order valence-electron chi connectivity index (χ4n) is 3.58. The van der Waals surface area contributed by atoms with Gasteiger partial charge in [-0.2, -0.15) is 0 Å². The first-order valence-corrected chi connectivity index (χ1v) is 11.7. The number of aryl methyl sites for hydroxylation is 2. The van der Waals surface area contributed by atoms with E-state index in [9.17, 15) is 18.0 Å². The zero-order valence-corrected chi connectivity index (χ0v) is 19.4. The number of likely N-dealkylation sites (tertiary alicyclic amines) is 1. The number of anilines is 1. The van der Waals surface area contributed by atoms with Gasteiger partial charge in [-0.3, -0.25) is 9.52 Å². The van der Waals surface area contributed by atoms with Crippen LogP contribution in [0.25, 0.3) is 0 Å². The van der Waals surface area contributed by atoms with Crippen LogP contribution in [0.15, 0.2) is 32.0 Å². The Bertz CT molecular complexity index is 1090. The first kappa shape index (κ1) is 22.4. The van der Waals surface area contributed by atoms with E-state index >= 15 is 0 Å². The molecular formula is C20H23BrN2O6S. The fraction of sp³-hybridized carbons (Fsp3) is 0.400. The molecule has 0 bridgehead atoms. The molecule has 1 aromatic carbocycles. The Morgan fingerprint density at radius 2 is 1.80 bits per heavy atom. The van der Waals surface area contributed by atoms with Gasteiger partial charge in [-0.1, -0.05) is 15.9 Å². The SMILES string of the molecule is COC(=O)c1c(C)oc(C)c1S(=O)(=O)Nc1cc(Br)ccc1C(=O)N1CCCCC1. The van der Waals surface area contributed by atoms with E-state index in [0.29, 0.717) is 17.6 Å². The van der Waals surface area contributed by atoms with Crippen molar-refractivity contribution in [2.45, 2.75) is 38.0 Å². The second-order valence-corrected chi connectivity index (χ2v) is 9.59. The zero-order chi connectivity index (χ0) is 22.1. The summed E-state index contributed by atoms with van der Waals surface area (Å²) < 4.78 is 39.6. The summed E-state index contributed by atoms with van der Waals surface area (Å²) in [4.78, 5) is 26.6. The van der Waals surface area contributed by atoms with Crippen molar-refractivity contribution in [3.63, 3.8) is 0 Å². The minimum Gasteiger partial charge on any atom is -0.465 e. The normalized spacial score (nSPS) is 14.5. The highest BCUT2D eigenvalue weighted by atomic mass is 79.9. The summed E-state index contributed by atoms with van der Waals surface area (Å²) in [6.07, 6.45) is 2.90. The van der Waals surface area contributed by atoms with Gasteiger partial charge < -0.3 is 14.1 Å². The van der Waals surface area contributed by atoms with Crippen molar-refractivity contribution in [2.75, 3.05) is 24.9 Å². The molecule has 10 heteroatoms. The van der Waals surface area contributed by atoms with Gasteiger partial charge in [0, 0.05) is 17.6 Å². The van der Waals surface area contributed by atoms with Crippen LogP contribution < -0.4 is 4.72 Å². The largest absolute Gasteiger partial charge is 0.465 e. The first-order valence-electron chi connectivity index (χ1n) is 9.45. The number of hydrogen-bond donors (Lipinski definition) is 1. The van der Waals surface area contributed by atoms with Crippen LogP contribution in [-0.4, -0.2) is 45.4 Å². The van der Waals surface area contributed by atoms with Crippen LogP contribution in [0.3, 0.4) is 0 Å². The molecule has 1 aromatic heterocycles. The van der Waals surface area contributed by atoms with Crippen LogP contribution in [-0.2, 0) is 14.8 Å². The van der Waals surface area contributed by atoms with Gasteiger partial charge in [0.1, 0.15) is 22.0 Å². The van der Waals surface area contributed by atoms with Crippen molar-refractivity contribution in [3.05, 3.63) is 45.3 Å². The van der Waals surface area contributed by atoms with Crippen LogP contribution >= 0.6 is 15.9 Å². The molecule has 0 aliphatic carbocycles. The molecule has 3 rings (SSSR count). The van der Waals surface area contributed by atoms with Crippen LogP contribution in [0.2, 0.25) is 0 Å². The third-order valence-corrected chi connectivity index (χ3v) is 6.97. The summed E-state index contributed by atoms with van der Waals surface area (Å²) in [5, 5.41) is 0. The van der Waals surface area contributed by atoms with Gasteiger partial charge in [-0.15, -0.1) is 0 Å². The minimum atomic E-state index is -4.25. The number of furan rings is 1. The lowest BCUT2D eigenvalue weighted by Gasteiger charge is -2.27. The standard InChI is InChI=1S/C20H23BrN2O6S/c1-12-17(20(25)28-3)18(13(2)29-12)30(26,27)22-16-11-14(21)7-8-15(16)19(24)23-9-5-4-6-10-23/h7-8,11,22H,4-6,9-10H2,1-3H3. The van der Waals surface area contributed by atoms with Gasteiger partial charge in [0.15, 0.2) is 0 Å². The number of sulfonamides is 1. The maximum absolute atomic E-state index is 13.2. The maximum Gasteiger partial charge on any atom is 0.342 e. The average molecular weight is 499 g/mol. The summed E-state index contributed by atoms with van der Waals surface area (Å²) in [5.41, 5.74) is 0.191. The Labute approximate surface area is 183 Å². The lowest BCUT2D eigenvalue weighted by molar-refractivity contribution is 0.0594. The second-order valence-electron chi connectivity index (χ2n) is 7.06. The summed E-state index contributed by atoms with van der Waals surface area (Å²) in [7, 11) is -3.08. The number of halogens is 1. The van der Waals surface area contributed by atoms with Gasteiger partial charge in [0.2, 0.25) is 0 Å². The molecule has 2 aromatic rings. The Hall–Kier alpha value is -2.33. The molecule has 0 saturated carbocycles. The topological polar surface area (TPSA) is 106 Å². The molecule has 162 valence electrons. The molecule has 1 saturated heterocycles. The van der Waals surface area contributed by atoms with E-state index in [-0.39, 0.29) is 39.1 Å². The van der Waals surface area contributed by atoms with Crippen molar-refractivity contribution in [1.82, 2.24) is 4.90 Å². The molecule has 8 nitrogen and oxygen atoms in total. The van der Waals surface area contributed by atoms with Gasteiger partial charge >= 0.3 is 5.97 Å². The van der Waals surface area contributed by atoms with E-state index < -0.39 is 16.0 Å². The van der Waals surface area contributed by atoms with E-state index in [1.807, 2.05) is 0 Å². The van der Waals surface area contributed by atoms with E-state index in [4.69, 9.17) is 9.15 Å². The fourth-order valence-corrected chi connectivity index (χ4v) is 5.41. The highest BCUT2D eigenvalue weighted by Gasteiger charge is 2.33. The van der Waals surface area contributed by atoms with Crippen molar-refractivity contribution < 1.29 is 27.2 Å². The lowest BCUT2D eigenvalue weighted by Crippen LogP contribution is -2.36.